The molecule has 0 saturated carbocycles. The fourth-order valence-electron chi connectivity index (χ4n) is 1.82. The molecule has 0 aliphatic carbocycles. The summed E-state index contributed by atoms with van der Waals surface area (Å²) in [7, 11) is 1.37. The van der Waals surface area contributed by atoms with Crippen LogP contribution < -0.4 is 0 Å². The molecule has 0 amide bonds. The Morgan fingerprint density at radius 3 is 2.72 bits per heavy atom. The quantitative estimate of drug-likeness (QED) is 0.595. The second-order valence-electron chi connectivity index (χ2n) is 4.20. The number of allylic oxidation sites excluding steroid dienone is 1. The number of methoxy groups -OCH3 is 1. The molecular weight excluding hydrogens is 228 g/mol. The SMILES string of the molecule is COC(=O)/C=C/C(CCCO)Cc1ccccc1. The van der Waals surface area contributed by atoms with Gasteiger partial charge >= 0.3 is 5.97 Å². The largest absolute Gasteiger partial charge is 0.466 e. The molecule has 1 rings (SSSR count). The molecule has 1 aromatic rings. The van der Waals surface area contributed by atoms with Crippen LogP contribution in [0.25, 0.3) is 0 Å². The highest BCUT2D eigenvalue weighted by Crippen LogP contribution is 2.15. The van der Waals surface area contributed by atoms with Crippen LogP contribution in [0.1, 0.15) is 18.4 Å². The van der Waals surface area contributed by atoms with E-state index < -0.39 is 0 Å². The first-order valence-corrected chi connectivity index (χ1v) is 6.17. The number of ether oxygens (including phenoxy) is 1. The number of carbonyl (C=O) groups excluding carboxylic acids is 1. The van der Waals surface area contributed by atoms with E-state index in [4.69, 9.17) is 5.11 Å². The van der Waals surface area contributed by atoms with Gasteiger partial charge in [-0.05, 0) is 30.7 Å². The number of hydrogen-bond donors (Lipinski definition) is 1. The van der Waals surface area contributed by atoms with E-state index in [2.05, 4.69) is 16.9 Å². The van der Waals surface area contributed by atoms with Gasteiger partial charge in [0.1, 0.15) is 0 Å². The first-order chi connectivity index (χ1) is 8.76. The highest BCUT2D eigenvalue weighted by molar-refractivity contribution is 5.81. The van der Waals surface area contributed by atoms with Crippen LogP contribution in [0.3, 0.4) is 0 Å². The van der Waals surface area contributed by atoms with Gasteiger partial charge in [0.2, 0.25) is 0 Å². The van der Waals surface area contributed by atoms with E-state index in [1.807, 2.05) is 24.3 Å². The number of aliphatic hydroxyl groups excluding tert-OH is 1. The zero-order valence-electron chi connectivity index (χ0n) is 10.7. The number of aliphatic hydroxyl groups is 1. The average Bonchev–Trinajstić information content (AvgIpc) is 2.42. The van der Waals surface area contributed by atoms with E-state index in [0.29, 0.717) is 0 Å². The Labute approximate surface area is 108 Å². The normalized spacial score (nSPS) is 12.6. The monoisotopic (exact) mass is 248 g/mol. The van der Waals surface area contributed by atoms with Gasteiger partial charge in [0.05, 0.1) is 7.11 Å². The van der Waals surface area contributed by atoms with Crippen molar-refractivity contribution < 1.29 is 14.6 Å². The predicted octanol–water partition coefficient (Wildman–Crippen LogP) is 2.35. The molecule has 0 radical (unpaired) electrons. The summed E-state index contributed by atoms with van der Waals surface area (Å²) in [6.07, 6.45) is 5.80. The first-order valence-electron chi connectivity index (χ1n) is 6.17. The van der Waals surface area contributed by atoms with E-state index in [9.17, 15) is 4.79 Å². The molecule has 3 nitrogen and oxygen atoms in total. The molecule has 1 N–H and O–H groups in total. The first kappa shape index (κ1) is 14.5. The van der Waals surface area contributed by atoms with Crippen molar-refractivity contribution in [2.75, 3.05) is 13.7 Å². The van der Waals surface area contributed by atoms with Crippen molar-refractivity contribution in [3.63, 3.8) is 0 Å². The number of rotatable bonds is 7. The summed E-state index contributed by atoms with van der Waals surface area (Å²) >= 11 is 0. The maximum absolute atomic E-state index is 11.1. The lowest BCUT2D eigenvalue weighted by atomic mass is 9.94. The molecule has 98 valence electrons. The van der Waals surface area contributed by atoms with Crippen LogP contribution in [0, 0.1) is 5.92 Å². The lowest BCUT2D eigenvalue weighted by Gasteiger charge is -2.12. The lowest BCUT2D eigenvalue weighted by molar-refractivity contribution is -0.134. The van der Waals surface area contributed by atoms with E-state index in [-0.39, 0.29) is 18.5 Å². The predicted molar refractivity (Wildman–Crippen MR) is 71.1 cm³/mol. The number of benzene rings is 1. The summed E-state index contributed by atoms with van der Waals surface area (Å²) < 4.78 is 4.58. The smallest absolute Gasteiger partial charge is 0.330 e. The molecule has 18 heavy (non-hydrogen) atoms. The highest BCUT2D eigenvalue weighted by atomic mass is 16.5. The molecule has 0 heterocycles. The average molecular weight is 248 g/mol. The fourth-order valence-corrected chi connectivity index (χ4v) is 1.82. The van der Waals surface area contributed by atoms with Gasteiger partial charge in [0.25, 0.3) is 0 Å². The van der Waals surface area contributed by atoms with E-state index in [0.717, 1.165) is 19.3 Å². The van der Waals surface area contributed by atoms with Gasteiger partial charge in [-0.1, -0.05) is 36.4 Å². The van der Waals surface area contributed by atoms with Crippen LogP contribution in [-0.2, 0) is 16.0 Å². The Bertz CT molecular complexity index is 371. The third-order valence-electron chi connectivity index (χ3n) is 2.78. The zero-order valence-corrected chi connectivity index (χ0v) is 10.7. The van der Waals surface area contributed by atoms with Crippen LogP contribution in [-0.4, -0.2) is 24.8 Å². The molecule has 1 unspecified atom stereocenters. The van der Waals surface area contributed by atoms with Crippen molar-refractivity contribution in [3.05, 3.63) is 48.0 Å². The summed E-state index contributed by atoms with van der Waals surface area (Å²) in [5.41, 5.74) is 1.23. The van der Waals surface area contributed by atoms with E-state index in [1.165, 1.54) is 18.7 Å². The molecule has 0 aromatic heterocycles. The Hall–Kier alpha value is -1.61. The number of esters is 1. The minimum absolute atomic E-state index is 0.178. The molecular formula is C15H20O3. The van der Waals surface area contributed by atoms with Crippen LogP contribution >= 0.6 is 0 Å². The molecule has 0 saturated heterocycles. The minimum Gasteiger partial charge on any atom is -0.466 e. The highest BCUT2D eigenvalue weighted by Gasteiger charge is 2.07. The molecule has 0 bridgehead atoms. The molecule has 3 heteroatoms. The maximum Gasteiger partial charge on any atom is 0.330 e. The maximum atomic E-state index is 11.1. The summed E-state index contributed by atoms with van der Waals surface area (Å²) in [6, 6.07) is 10.1. The van der Waals surface area contributed by atoms with Gasteiger partial charge < -0.3 is 9.84 Å². The topological polar surface area (TPSA) is 46.5 Å². The standard InChI is InChI=1S/C15H20O3/c1-18-15(17)10-9-14(8-5-11-16)12-13-6-3-2-4-7-13/h2-4,6-7,9-10,14,16H,5,8,11-12H2,1H3/b10-9+. The lowest BCUT2D eigenvalue weighted by Crippen LogP contribution is -2.04. The summed E-state index contributed by atoms with van der Waals surface area (Å²) in [6.45, 7) is 0.178. The molecule has 0 fully saturated rings. The Morgan fingerprint density at radius 2 is 2.11 bits per heavy atom. The molecule has 1 aromatic carbocycles. The Balaban J connectivity index is 2.60. The van der Waals surface area contributed by atoms with Crippen molar-refractivity contribution in [2.24, 2.45) is 5.92 Å². The summed E-state index contributed by atoms with van der Waals surface area (Å²) in [5, 5.41) is 8.89. The van der Waals surface area contributed by atoms with E-state index in [1.54, 1.807) is 0 Å². The second-order valence-corrected chi connectivity index (χ2v) is 4.20. The Morgan fingerprint density at radius 1 is 1.39 bits per heavy atom. The van der Waals surface area contributed by atoms with Crippen molar-refractivity contribution in [2.45, 2.75) is 19.3 Å². The van der Waals surface area contributed by atoms with Gasteiger partial charge in [-0.3, -0.25) is 0 Å². The van der Waals surface area contributed by atoms with Gasteiger partial charge in [0, 0.05) is 12.7 Å². The number of carbonyl (C=O) groups is 1. The van der Waals surface area contributed by atoms with Gasteiger partial charge in [-0.2, -0.15) is 0 Å². The number of hydrogen-bond acceptors (Lipinski definition) is 3. The van der Waals surface area contributed by atoms with Crippen LogP contribution in [0.2, 0.25) is 0 Å². The molecule has 0 aliphatic heterocycles. The van der Waals surface area contributed by atoms with Crippen LogP contribution in [0.4, 0.5) is 0 Å². The minimum atomic E-state index is -0.336. The molecule has 0 aliphatic rings. The van der Waals surface area contributed by atoms with Gasteiger partial charge in [-0.15, -0.1) is 0 Å². The van der Waals surface area contributed by atoms with Crippen LogP contribution in [0.5, 0.6) is 0 Å². The van der Waals surface area contributed by atoms with Crippen molar-refractivity contribution in [1.82, 2.24) is 0 Å². The summed E-state index contributed by atoms with van der Waals surface area (Å²) in [4.78, 5) is 11.1. The third kappa shape index (κ3) is 5.64. The van der Waals surface area contributed by atoms with Crippen molar-refractivity contribution >= 4 is 5.97 Å². The van der Waals surface area contributed by atoms with E-state index >= 15 is 0 Å². The van der Waals surface area contributed by atoms with Gasteiger partial charge in [-0.25, -0.2) is 4.79 Å². The third-order valence-corrected chi connectivity index (χ3v) is 2.78. The molecule has 0 spiro atoms. The Kier molecular flexibility index (Phi) is 6.81. The van der Waals surface area contributed by atoms with Crippen molar-refractivity contribution in [3.8, 4) is 0 Å². The summed E-state index contributed by atoms with van der Waals surface area (Å²) in [5.74, 6) is -0.0873. The van der Waals surface area contributed by atoms with Crippen LogP contribution in [0.15, 0.2) is 42.5 Å². The fraction of sp³-hybridized carbons (Fsp3) is 0.400. The van der Waals surface area contributed by atoms with Gasteiger partial charge in [0.15, 0.2) is 0 Å². The second kappa shape index (κ2) is 8.48. The molecule has 1 atom stereocenters. The van der Waals surface area contributed by atoms with Crippen molar-refractivity contribution in [1.29, 1.82) is 0 Å². The zero-order chi connectivity index (χ0) is 13.2.